The molecule has 3 heterocycles. The zero-order chi connectivity index (χ0) is 20.5. The van der Waals surface area contributed by atoms with Gasteiger partial charge in [0.25, 0.3) is 0 Å². The maximum absolute atomic E-state index is 13.0. The molecule has 1 aromatic rings. The highest BCUT2D eigenvalue weighted by atomic mass is 16.4. The fourth-order valence-corrected chi connectivity index (χ4v) is 3.76. The van der Waals surface area contributed by atoms with Gasteiger partial charge in [-0.3, -0.25) is 9.59 Å². The minimum Gasteiger partial charge on any atom is -0.478 e. The maximum Gasteiger partial charge on any atom is 0.337 e. The summed E-state index contributed by atoms with van der Waals surface area (Å²) in [5.74, 6) is -0.225. The quantitative estimate of drug-likeness (QED) is 0.843. The van der Waals surface area contributed by atoms with Gasteiger partial charge in [0, 0.05) is 44.3 Å². The topological polar surface area (TPSA) is 94.1 Å². The lowest BCUT2D eigenvalue weighted by Crippen LogP contribution is -2.55. The standard InChI is InChI=1S/C20H28N4O4/c1-20(2,3)19(28)24-8-4-5-15(24)17(25)23-11-9-22(10-12-23)16-7-6-14(13-21-16)18(26)27/h6-7,13,15H,4-5,8-12H2,1-3H3,(H,26,27). The molecule has 28 heavy (non-hydrogen) atoms. The minimum absolute atomic E-state index is 0.0314. The van der Waals surface area contributed by atoms with Crippen LogP contribution in [0.15, 0.2) is 18.3 Å². The van der Waals surface area contributed by atoms with Gasteiger partial charge in [0.1, 0.15) is 11.9 Å². The van der Waals surface area contributed by atoms with E-state index in [0.29, 0.717) is 38.5 Å². The molecule has 0 spiro atoms. The molecule has 1 atom stereocenters. The number of carboxylic acids is 1. The van der Waals surface area contributed by atoms with Crippen LogP contribution >= 0.6 is 0 Å². The van der Waals surface area contributed by atoms with Crippen molar-refractivity contribution in [2.24, 2.45) is 5.41 Å². The van der Waals surface area contributed by atoms with Crippen LogP contribution in [0.3, 0.4) is 0 Å². The largest absolute Gasteiger partial charge is 0.478 e. The van der Waals surface area contributed by atoms with Gasteiger partial charge in [-0.25, -0.2) is 9.78 Å². The van der Waals surface area contributed by atoms with Crippen molar-refractivity contribution in [3.8, 4) is 0 Å². The summed E-state index contributed by atoms with van der Waals surface area (Å²) in [6.07, 6.45) is 2.93. The van der Waals surface area contributed by atoms with Gasteiger partial charge in [0.15, 0.2) is 0 Å². The summed E-state index contributed by atoms with van der Waals surface area (Å²) in [4.78, 5) is 46.5. The summed E-state index contributed by atoms with van der Waals surface area (Å²) in [6.45, 7) is 8.69. The van der Waals surface area contributed by atoms with Crippen molar-refractivity contribution in [2.75, 3.05) is 37.6 Å². The molecule has 2 saturated heterocycles. The lowest BCUT2D eigenvalue weighted by Gasteiger charge is -2.38. The highest BCUT2D eigenvalue weighted by Crippen LogP contribution is 2.27. The molecule has 2 amide bonds. The first-order valence-corrected chi connectivity index (χ1v) is 9.72. The number of carboxylic acid groups (broad SMARTS) is 1. The normalized spacial score (nSPS) is 20.4. The number of piperazine rings is 1. The predicted molar refractivity (Wildman–Crippen MR) is 104 cm³/mol. The molecule has 8 nitrogen and oxygen atoms in total. The Bertz CT molecular complexity index is 748. The maximum atomic E-state index is 13.0. The third-order valence-electron chi connectivity index (χ3n) is 5.35. The van der Waals surface area contributed by atoms with Gasteiger partial charge in [0.2, 0.25) is 11.8 Å². The highest BCUT2D eigenvalue weighted by molar-refractivity contribution is 5.90. The van der Waals surface area contributed by atoms with E-state index in [1.54, 1.807) is 11.0 Å². The van der Waals surface area contributed by atoms with Crippen LogP contribution in [-0.2, 0) is 9.59 Å². The Balaban J connectivity index is 1.60. The Morgan fingerprint density at radius 3 is 2.29 bits per heavy atom. The van der Waals surface area contributed by atoms with Crippen molar-refractivity contribution >= 4 is 23.6 Å². The average molecular weight is 388 g/mol. The van der Waals surface area contributed by atoms with E-state index in [4.69, 9.17) is 5.11 Å². The van der Waals surface area contributed by atoms with Crippen molar-refractivity contribution < 1.29 is 19.5 Å². The number of pyridine rings is 1. The van der Waals surface area contributed by atoms with Crippen LogP contribution in [0.5, 0.6) is 0 Å². The van der Waals surface area contributed by atoms with Crippen molar-refractivity contribution in [3.63, 3.8) is 0 Å². The Labute approximate surface area is 165 Å². The van der Waals surface area contributed by atoms with Crippen LogP contribution in [0.1, 0.15) is 44.0 Å². The summed E-state index contributed by atoms with van der Waals surface area (Å²) >= 11 is 0. The SMILES string of the molecule is CC(C)(C)C(=O)N1CCCC1C(=O)N1CCN(c2ccc(C(=O)O)cn2)CC1. The number of anilines is 1. The Morgan fingerprint density at radius 2 is 1.75 bits per heavy atom. The van der Waals surface area contributed by atoms with E-state index in [-0.39, 0.29) is 23.4 Å². The van der Waals surface area contributed by atoms with Gasteiger partial charge in [-0.15, -0.1) is 0 Å². The molecule has 0 saturated carbocycles. The molecular formula is C20H28N4O4. The zero-order valence-corrected chi connectivity index (χ0v) is 16.7. The molecule has 2 aliphatic rings. The molecule has 8 heteroatoms. The van der Waals surface area contributed by atoms with Crippen LogP contribution < -0.4 is 4.90 Å². The van der Waals surface area contributed by atoms with E-state index in [2.05, 4.69) is 4.98 Å². The molecule has 0 radical (unpaired) electrons. The molecule has 2 fully saturated rings. The Morgan fingerprint density at radius 1 is 1.07 bits per heavy atom. The first-order valence-electron chi connectivity index (χ1n) is 9.72. The van der Waals surface area contributed by atoms with Crippen LogP contribution in [-0.4, -0.2) is 76.4 Å². The summed E-state index contributed by atoms with van der Waals surface area (Å²) in [7, 11) is 0. The predicted octanol–water partition coefficient (Wildman–Crippen LogP) is 1.47. The number of nitrogens with zero attached hydrogens (tertiary/aromatic N) is 4. The lowest BCUT2D eigenvalue weighted by atomic mass is 9.94. The summed E-state index contributed by atoms with van der Waals surface area (Å²) in [5.41, 5.74) is -0.336. The molecular weight excluding hydrogens is 360 g/mol. The van der Waals surface area contributed by atoms with Gasteiger partial charge in [-0.2, -0.15) is 0 Å². The van der Waals surface area contributed by atoms with Gasteiger partial charge in [-0.05, 0) is 25.0 Å². The van der Waals surface area contributed by atoms with Crippen molar-refractivity contribution in [3.05, 3.63) is 23.9 Å². The third-order valence-corrected chi connectivity index (χ3v) is 5.35. The second kappa shape index (κ2) is 7.77. The molecule has 2 aliphatic heterocycles. The molecule has 3 rings (SSSR count). The first kappa shape index (κ1) is 20.1. The van der Waals surface area contributed by atoms with E-state index in [1.165, 1.54) is 12.3 Å². The van der Waals surface area contributed by atoms with Gasteiger partial charge in [-0.1, -0.05) is 20.8 Å². The number of rotatable bonds is 3. The zero-order valence-electron chi connectivity index (χ0n) is 16.7. The average Bonchev–Trinajstić information content (AvgIpc) is 3.16. The third kappa shape index (κ3) is 4.10. The number of aromatic nitrogens is 1. The number of carbonyl (C=O) groups is 3. The van der Waals surface area contributed by atoms with E-state index in [1.807, 2.05) is 30.6 Å². The summed E-state index contributed by atoms with van der Waals surface area (Å²) in [5, 5.41) is 8.97. The molecule has 152 valence electrons. The fourth-order valence-electron chi connectivity index (χ4n) is 3.76. The molecule has 1 unspecified atom stereocenters. The summed E-state index contributed by atoms with van der Waals surface area (Å²) < 4.78 is 0. The first-order chi connectivity index (χ1) is 13.2. The number of hydrogen-bond acceptors (Lipinski definition) is 5. The van der Waals surface area contributed by atoms with Crippen LogP contribution in [0.25, 0.3) is 0 Å². The van der Waals surface area contributed by atoms with Crippen LogP contribution in [0.2, 0.25) is 0 Å². The Kier molecular flexibility index (Phi) is 5.58. The molecule has 0 aromatic carbocycles. The Hall–Kier alpha value is -2.64. The van der Waals surface area contributed by atoms with Gasteiger partial charge < -0.3 is 19.8 Å². The number of aromatic carboxylic acids is 1. The fraction of sp³-hybridized carbons (Fsp3) is 0.600. The van der Waals surface area contributed by atoms with Crippen molar-refractivity contribution in [1.29, 1.82) is 0 Å². The van der Waals surface area contributed by atoms with E-state index >= 15 is 0 Å². The lowest BCUT2D eigenvalue weighted by molar-refractivity contribution is -0.148. The number of likely N-dealkylation sites (tertiary alicyclic amines) is 1. The summed E-state index contributed by atoms with van der Waals surface area (Å²) in [6, 6.07) is 2.88. The smallest absolute Gasteiger partial charge is 0.337 e. The monoisotopic (exact) mass is 388 g/mol. The van der Waals surface area contributed by atoms with Crippen molar-refractivity contribution in [1.82, 2.24) is 14.8 Å². The number of carbonyl (C=O) groups excluding carboxylic acids is 2. The molecule has 1 N–H and O–H groups in total. The van der Waals surface area contributed by atoms with E-state index in [9.17, 15) is 14.4 Å². The van der Waals surface area contributed by atoms with Gasteiger partial charge >= 0.3 is 5.97 Å². The number of hydrogen-bond donors (Lipinski definition) is 1. The van der Waals surface area contributed by atoms with E-state index < -0.39 is 11.4 Å². The highest BCUT2D eigenvalue weighted by Gasteiger charge is 2.40. The van der Waals surface area contributed by atoms with E-state index in [0.717, 1.165) is 12.8 Å². The van der Waals surface area contributed by atoms with Crippen LogP contribution in [0, 0.1) is 5.41 Å². The van der Waals surface area contributed by atoms with Gasteiger partial charge in [0.05, 0.1) is 5.56 Å². The molecule has 0 aliphatic carbocycles. The van der Waals surface area contributed by atoms with Crippen LogP contribution in [0.4, 0.5) is 5.82 Å². The van der Waals surface area contributed by atoms with Crippen molar-refractivity contribution in [2.45, 2.75) is 39.7 Å². The molecule has 0 bridgehead atoms. The second-order valence-electron chi connectivity index (χ2n) is 8.43. The minimum atomic E-state index is -1.000. The molecule has 1 aromatic heterocycles. The number of amides is 2. The second-order valence-corrected chi connectivity index (χ2v) is 8.43.